The van der Waals surface area contributed by atoms with Crippen LogP contribution in [-0.2, 0) is 3.84 Å². The lowest BCUT2D eigenvalue weighted by Crippen LogP contribution is -2.06. The third-order valence-corrected chi connectivity index (χ3v) is 1.39. The highest BCUT2D eigenvalue weighted by Gasteiger charge is 2.13. The minimum atomic E-state index is -1.23. The van der Waals surface area contributed by atoms with Crippen molar-refractivity contribution in [2.24, 2.45) is 0 Å². The van der Waals surface area contributed by atoms with Gasteiger partial charge in [0.05, 0.1) is 34.9 Å². The van der Waals surface area contributed by atoms with Crippen molar-refractivity contribution in [3.63, 3.8) is 0 Å². The number of benzene rings is 1. The molecule has 0 aliphatic heterocycles. The van der Waals surface area contributed by atoms with E-state index in [1.807, 2.05) is 0 Å². The zero-order valence-electron chi connectivity index (χ0n) is 7.18. The highest BCUT2D eigenvalue weighted by molar-refractivity contribution is 6.24. The van der Waals surface area contributed by atoms with E-state index in [1.165, 1.54) is 24.3 Å². The summed E-state index contributed by atoms with van der Waals surface area (Å²) in [5.74, 6) is -2.46. The average molecular weight is 253 g/mol. The number of aromatic carboxylic acids is 2. The van der Waals surface area contributed by atoms with Gasteiger partial charge in [-0.15, -0.1) is 0 Å². The normalized spacial score (nSPS) is 8.67. The Bertz CT molecular complexity index is 320. The Balaban J connectivity index is 0.000000583. The predicted octanol–water partition coefficient (Wildman–Crippen LogP) is 2.39. The van der Waals surface area contributed by atoms with Crippen LogP contribution in [0.2, 0.25) is 0 Å². The first-order valence-electron chi connectivity index (χ1n) is 3.49. The van der Waals surface area contributed by atoms with Crippen molar-refractivity contribution in [2.75, 3.05) is 0 Å². The molecule has 1 aromatic carbocycles. The summed E-state index contributed by atoms with van der Waals surface area (Å²) in [5, 5.41) is 17.1. The lowest BCUT2D eigenvalue weighted by Gasteiger charge is -1.98. The molecule has 0 radical (unpaired) electrons. The van der Waals surface area contributed by atoms with E-state index in [2.05, 4.69) is 27.6 Å². The van der Waals surface area contributed by atoms with E-state index in [0.717, 1.165) is 0 Å². The molecule has 0 heterocycles. The Labute approximate surface area is 95.1 Å². The van der Waals surface area contributed by atoms with Crippen molar-refractivity contribution < 1.29 is 23.6 Å². The second-order valence-corrected chi connectivity index (χ2v) is 2.68. The first-order valence-corrected chi connectivity index (χ1v) is 4.11. The lowest BCUT2D eigenvalue weighted by molar-refractivity contribution is 0.0651. The molecular weight excluding hydrogens is 247 g/mol. The number of halogens is 2. The third-order valence-electron chi connectivity index (χ3n) is 1.39. The molecular formula is C8H6Cl2O5. The molecule has 0 fully saturated rings. The van der Waals surface area contributed by atoms with Crippen molar-refractivity contribution in [3.05, 3.63) is 35.4 Å². The fourth-order valence-corrected chi connectivity index (χ4v) is 0.856. The minimum Gasteiger partial charge on any atom is -0.478 e. The van der Waals surface area contributed by atoms with E-state index in [9.17, 15) is 9.59 Å². The molecule has 7 heteroatoms. The summed E-state index contributed by atoms with van der Waals surface area (Å²) in [5.41, 5.74) is -0.380. The molecule has 0 aromatic heterocycles. The van der Waals surface area contributed by atoms with E-state index >= 15 is 0 Å². The van der Waals surface area contributed by atoms with Crippen molar-refractivity contribution in [1.82, 2.24) is 0 Å². The summed E-state index contributed by atoms with van der Waals surface area (Å²) in [6.45, 7) is 0. The van der Waals surface area contributed by atoms with Gasteiger partial charge in [0.2, 0.25) is 0 Å². The van der Waals surface area contributed by atoms with Gasteiger partial charge in [-0.1, -0.05) is 12.1 Å². The van der Waals surface area contributed by atoms with Gasteiger partial charge >= 0.3 is 11.9 Å². The molecule has 0 aliphatic carbocycles. The van der Waals surface area contributed by atoms with Crippen LogP contribution in [0.15, 0.2) is 24.3 Å². The maximum atomic E-state index is 10.5. The van der Waals surface area contributed by atoms with Crippen LogP contribution < -0.4 is 0 Å². The molecule has 0 aliphatic rings. The van der Waals surface area contributed by atoms with Crippen molar-refractivity contribution >= 4 is 35.7 Å². The van der Waals surface area contributed by atoms with Gasteiger partial charge in [-0.05, 0) is 12.1 Å². The summed E-state index contributed by atoms with van der Waals surface area (Å²) in [4.78, 5) is 20.9. The van der Waals surface area contributed by atoms with Crippen molar-refractivity contribution in [1.29, 1.82) is 0 Å². The Morgan fingerprint density at radius 1 is 1.00 bits per heavy atom. The number of carboxylic acids is 2. The minimum absolute atomic E-state index is 0.190. The molecule has 0 atom stereocenters. The highest BCUT2D eigenvalue weighted by atomic mass is 35.6. The van der Waals surface area contributed by atoms with E-state index < -0.39 is 11.9 Å². The van der Waals surface area contributed by atoms with Crippen molar-refractivity contribution in [3.8, 4) is 0 Å². The number of carbonyl (C=O) groups is 2. The third kappa shape index (κ3) is 4.64. The molecule has 1 aromatic rings. The molecule has 1 rings (SSSR count). The summed E-state index contributed by atoms with van der Waals surface area (Å²) < 4.78 is 3.19. The van der Waals surface area contributed by atoms with Gasteiger partial charge in [0, 0.05) is 0 Å². The zero-order valence-corrected chi connectivity index (χ0v) is 8.70. The standard InChI is InChI=1S/C8H6O4.Cl2O/c9-7(10)5-3-1-2-4-6(5)8(11)12;1-3-2/h1-4H,(H,9,10)(H,11,12);. The van der Waals surface area contributed by atoms with E-state index in [1.54, 1.807) is 0 Å². The highest BCUT2D eigenvalue weighted by Crippen LogP contribution is 2.07. The van der Waals surface area contributed by atoms with E-state index in [0.29, 0.717) is 0 Å². The second kappa shape index (κ2) is 7.05. The molecule has 0 unspecified atom stereocenters. The van der Waals surface area contributed by atoms with Gasteiger partial charge in [-0.2, -0.15) is 3.84 Å². The topological polar surface area (TPSA) is 83.8 Å². The van der Waals surface area contributed by atoms with Gasteiger partial charge < -0.3 is 10.2 Å². The molecule has 2 N–H and O–H groups in total. The Hall–Kier alpha value is -1.30. The molecule has 15 heavy (non-hydrogen) atoms. The zero-order chi connectivity index (χ0) is 11.8. The SMILES string of the molecule is ClOCl.O=C(O)c1ccccc1C(=O)O. The second-order valence-electron chi connectivity index (χ2n) is 2.21. The molecule has 82 valence electrons. The summed E-state index contributed by atoms with van der Waals surface area (Å²) >= 11 is 8.53. The van der Waals surface area contributed by atoms with Crippen molar-refractivity contribution in [2.45, 2.75) is 0 Å². The van der Waals surface area contributed by atoms with Crippen LogP contribution in [0.1, 0.15) is 20.7 Å². The first-order chi connectivity index (χ1) is 7.04. The molecule has 0 spiro atoms. The molecule has 0 saturated heterocycles. The van der Waals surface area contributed by atoms with Crippen LogP contribution >= 0.6 is 23.7 Å². The maximum absolute atomic E-state index is 10.5. The maximum Gasteiger partial charge on any atom is 0.336 e. The summed E-state index contributed by atoms with van der Waals surface area (Å²) in [7, 11) is 0. The average Bonchev–Trinajstić information content (AvgIpc) is 2.19. The molecule has 5 nitrogen and oxygen atoms in total. The van der Waals surface area contributed by atoms with Crippen LogP contribution in [0.3, 0.4) is 0 Å². The number of carboxylic acid groups (broad SMARTS) is 2. The van der Waals surface area contributed by atoms with Crippen LogP contribution in [0.25, 0.3) is 0 Å². The predicted molar refractivity (Wildman–Crippen MR) is 53.2 cm³/mol. The van der Waals surface area contributed by atoms with Gasteiger partial charge in [0.15, 0.2) is 0 Å². The van der Waals surface area contributed by atoms with E-state index in [4.69, 9.17) is 10.2 Å². The van der Waals surface area contributed by atoms with Gasteiger partial charge in [-0.25, -0.2) is 9.59 Å². The summed E-state index contributed by atoms with van der Waals surface area (Å²) in [6, 6.07) is 5.48. The van der Waals surface area contributed by atoms with Gasteiger partial charge in [0.25, 0.3) is 0 Å². The molecule has 0 bridgehead atoms. The van der Waals surface area contributed by atoms with Gasteiger partial charge in [-0.3, -0.25) is 0 Å². The fourth-order valence-electron chi connectivity index (χ4n) is 0.856. The molecule has 0 amide bonds. The number of hydrogen-bond acceptors (Lipinski definition) is 3. The first kappa shape index (κ1) is 13.7. The molecule has 0 saturated carbocycles. The fraction of sp³-hybridized carbons (Fsp3) is 0. The summed E-state index contributed by atoms with van der Waals surface area (Å²) in [6.07, 6.45) is 0. The number of rotatable bonds is 2. The monoisotopic (exact) mass is 252 g/mol. The van der Waals surface area contributed by atoms with Crippen LogP contribution in [0, 0.1) is 0 Å². The quantitative estimate of drug-likeness (QED) is 0.845. The van der Waals surface area contributed by atoms with Gasteiger partial charge in [0.1, 0.15) is 0 Å². The van der Waals surface area contributed by atoms with E-state index in [-0.39, 0.29) is 11.1 Å². The Morgan fingerprint density at radius 2 is 1.27 bits per heavy atom. The van der Waals surface area contributed by atoms with Crippen LogP contribution in [-0.4, -0.2) is 22.2 Å². The number of hydrogen-bond donors (Lipinski definition) is 2. The van der Waals surface area contributed by atoms with Crippen LogP contribution in [0.4, 0.5) is 0 Å². The smallest absolute Gasteiger partial charge is 0.336 e. The largest absolute Gasteiger partial charge is 0.478 e. The Morgan fingerprint density at radius 3 is 1.47 bits per heavy atom. The Kier molecular flexibility index (Phi) is 6.44. The van der Waals surface area contributed by atoms with Crippen LogP contribution in [0.5, 0.6) is 0 Å². The lowest BCUT2D eigenvalue weighted by atomic mass is 10.1.